The quantitative estimate of drug-likeness (QED) is 0.671. The zero-order valence-electron chi connectivity index (χ0n) is 13.6. The minimum absolute atomic E-state index is 0.210. The number of fused-ring (bicyclic) bond motifs is 1. The van der Waals surface area contributed by atoms with Gasteiger partial charge >= 0.3 is 0 Å². The molecule has 0 radical (unpaired) electrons. The Morgan fingerprint density at radius 2 is 2.17 bits per heavy atom. The minimum Gasteiger partial charge on any atom is -0.351 e. The van der Waals surface area contributed by atoms with E-state index in [1.54, 1.807) is 10.9 Å². The number of nitrogens with one attached hydrogen (secondary N) is 1. The number of hydrogen-bond donors (Lipinski definition) is 2. The molecule has 0 aliphatic carbocycles. The molecule has 0 saturated carbocycles. The second-order valence-corrected chi connectivity index (χ2v) is 5.57. The van der Waals surface area contributed by atoms with Crippen molar-refractivity contribution in [1.29, 1.82) is 0 Å². The highest BCUT2D eigenvalue weighted by Crippen LogP contribution is 2.18. The Hall–Kier alpha value is -2.80. The summed E-state index contributed by atoms with van der Waals surface area (Å²) in [4.78, 5) is 16.5. The van der Waals surface area contributed by atoms with E-state index in [-0.39, 0.29) is 5.91 Å². The van der Waals surface area contributed by atoms with Gasteiger partial charge in [0.1, 0.15) is 0 Å². The van der Waals surface area contributed by atoms with Gasteiger partial charge in [0, 0.05) is 18.1 Å². The van der Waals surface area contributed by atoms with Crippen LogP contribution in [0, 0.1) is 6.92 Å². The highest BCUT2D eigenvalue weighted by atomic mass is 16.2. The van der Waals surface area contributed by atoms with Crippen LogP contribution in [0.1, 0.15) is 29.0 Å². The van der Waals surface area contributed by atoms with Crippen molar-refractivity contribution in [3.8, 4) is 5.69 Å². The molecule has 1 amide bonds. The molecule has 0 unspecified atom stereocenters. The lowest BCUT2D eigenvalue weighted by Crippen LogP contribution is -2.26. The van der Waals surface area contributed by atoms with Crippen molar-refractivity contribution < 1.29 is 4.79 Å². The maximum absolute atomic E-state index is 12.2. The van der Waals surface area contributed by atoms with Crippen LogP contribution in [0.2, 0.25) is 0 Å². The van der Waals surface area contributed by atoms with Crippen LogP contribution in [0.3, 0.4) is 0 Å². The monoisotopic (exact) mass is 324 g/mol. The van der Waals surface area contributed by atoms with Crippen molar-refractivity contribution in [2.75, 3.05) is 13.1 Å². The number of unbranched alkanes of at least 4 members (excludes halogenated alkanes) is 1. The van der Waals surface area contributed by atoms with Gasteiger partial charge < -0.3 is 11.1 Å². The summed E-state index contributed by atoms with van der Waals surface area (Å²) in [5, 5.41) is 12.0. The van der Waals surface area contributed by atoms with E-state index < -0.39 is 0 Å². The predicted molar refractivity (Wildman–Crippen MR) is 92.0 cm³/mol. The Morgan fingerprint density at radius 3 is 3.00 bits per heavy atom. The van der Waals surface area contributed by atoms with Crippen LogP contribution < -0.4 is 11.1 Å². The van der Waals surface area contributed by atoms with Gasteiger partial charge in [-0.2, -0.15) is 0 Å². The summed E-state index contributed by atoms with van der Waals surface area (Å²) >= 11 is 0. The van der Waals surface area contributed by atoms with E-state index in [2.05, 4.69) is 20.6 Å². The van der Waals surface area contributed by atoms with E-state index in [1.807, 2.05) is 37.3 Å². The third-order valence-electron chi connectivity index (χ3n) is 3.86. The maximum Gasteiger partial charge on any atom is 0.273 e. The number of rotatable bonds is 6. The van der Waals surface area contributed by atoms with Crippen LogP contribution in [0.25, 0.3) is 16.6 Å². The first kappa shape index (κ1) is 16.1. The Morgan fingerprint density at radius 1 is 1.29 bits per heavy atom. The third kappa shape index (κ3) is 3.26. The molecule has 1 aromatic carbocycles. The van der Waals surface area contributed by atoms with Crippen molar-refractivity contribution in [3.63, 3.8) is 0 Å². The van der Waals surface area contributed by atoms with Crippen molar-refractivity contribution in [2.24, 2.45) is 5.73 Å². The summed E-state index contributed by atoms with van der Waals surface area (Å²) in [5.41, 5.74) is 8.25. The van der Waals surface area contributed by atoms with E-state index in [1.165, 1.54) is 0 Å². The standard InChI is InChI=1S/C17H20N6O/c1-12-16(17(24)20-9-3-2-8-18)21-22-23(12)14-6-7-15-13(11-14)5-4-10-19-15/h4-7,10-11H,2-3,8-9,18H2,1H3,(H,20,24). The summed E-state index contributed by atoms with van der Waals surface area (Å²) < 4.78 is 1.67. The molecular weight excluding hydrogens is 304 g/mol. The Kier molecular flexibility index (Phi) is 4.81. The molecule has 0 bridgehead atoms. The second-order valence-electron chi connectivity index (χ2n) is 5.57. The fourth-order valence-corrected chi connectivity index (χ4v) is 2.53. The summed E-state index contributed by atoms with van der Waals surface area (Å²) in [7, 11) is 0. The zero-order valence-corrected chi connectivity index (χ0v) is 13.6. The molecule has 0 fully saturated rings. The summed E-state index contributed by atoms with van der Waals surface area (Å²) in [6.45, 7) is 3.05. The molecule has 2 aromatic heterocycles. The number of amides is 1. The molecule has 0 spiro atoms. The van der Waals surface area contributed by atoms with E-state index in [0.29, 0.717) is 24.5 Å². The molecule has 3 aromatic rings. The molecule has 7 heteroatoms. The lowest BCUT2D eigenvalue weighted by atomic mass is 10.2. The Balaban J connectivity index is 1.82. The van der Waals surface area contributed by atoms with E-state index in [9.17, 15) is 4.79 Å². The zero-order chi connectivity index (χ0) is 16.9. The SMILES string of the molecule is Cc1c(C(=O)NCCCCN)nnn1-c1ccc2ncccc2c1. The van der Waals surface area contributed by atoms with Gasteiger partial charge in [0.2, 0.25) is 0 Å². The average molecular weight is 324 g/mol. The molecule has 3 N–H and O–H groups in total. The van der Waals surface area contributed by atoms with Crippen molar-refractivity contribution >= 4 is 16.8 Å². The number of carbonyl (C=O) groups excluding carboxylic acids is 1. The average Bonchev–Trinajstić information content (AvgIpc) is 2.99. The second kappa shape index (κ2) is 7.18. The molecule has 0 saturated heterocycles. The molecule has 124 valence electrons. The number of pyridine rings is 1. The van der Waals surface area contributed by atoms with Gasteiger partial charge in [-0.05, 0) is 50.6 Å². The predicted octanol–water partition coefficient (Wildman–Crippen LogP) is 1.59. The smallest absolute Gasteiger partial charge is 0.273 e. The highest BCUT2D eigenvalue weighted by Gasteiger charge is 2.17. The summed E-state index contributed by atoms with van der Waals surface area (Å²) in [6, 6.07) is 9.70. The number of hydrogen-bond acceptors (Lipinski definition) is 5. The van der Waals surface area contributed by atoms with Gasteiger partial charge in [0.15, 0.2) is 5.69 Å². The van der Waals surface area contributed by atoms with Crippen LogP contribution in [-0.4, -0.2) is 39.0 Å². The number of benzene rings is 1. The van der Waals surface area contributed by atoms with Gasteiger partial charge in [-0.25, -0.2) is 4.68 Å². The van der Waals surface area contributed by atoms with Crippen molar-refractivity contribution in [3.05, 3.63) is 47.9 Å². The van der Waals surface area contributed by atoms with Gasteiger partial charge in [-0.3, -0.25) is 9.78 Å². The number of carbonyl (C=O) groups is 1. The van der Waals surface area contributed by atoms with E-state index >= 15 is 0 Å². The normalized spacial score (nSPS) is 10.9. The molecule has 0 aliphatic rings. The van der Waals surface area contributed by atoms with Gasteiger partial charge in [-0.1, -0.05) is 11.3 Å². The Labute approximate surface area is 139 Å². The van der Waals surface area contributed by atoms with Gasteiger partial charge in [0.05, 0.1) is 16.9 Å². The van der Waals surface area contributed by atoms with E-state index in [0.717, 1.165) is 29.4 Å². The summed E-state index contributed by atoms with van der Waals surface area (Å²) in [5.74, 6) is -0.210. The highest BCUT2D eigenvalue weighted by molar-refractivity contribution is 5.93. The lowest BCUT2D eigenvalue weighted by Gasteiger charge is -2.06. The Bertz CT molecular complexity index is 857. The first-order valence-electron chi connectivity index (χ1n) is 7.96. The van der Waals surface area contributed by atoms with Crippen LogP contribution in [-0.2, 0) is 0 Å². The maximum atomic E-state index is 12.2. The molecule has 0 atom stereocenters. The third-order valence-corrected chi connectivity index (χ3v) is 3.86. The molecule has 2 heterocycles. The number of nitrogens with zero attached hydrogens (tertiary/aromatic N) is 4. The first-order chi connectivity index (χ1) is 11.7. The van der Waals surface area contributed by atoms with E-state index in [4.69, 9.17) is 5.73 Å². The van der Waals surface area contributed by atoms with Gasteiger partial charge in [-0.15, -0.1) is 5.10 Å². The number of nitrogens with two attached hydrogens (primary N) is 1. The van der Waals surface area contributed by atoms with Crippen LogP contribution in [0.4, 0.5) is 0 Å². The first-order valence-corrected chi connectivity index (χ1v) is 7.96. The summed E-state index contributed by atoms with van der Waals surface area (Å²) in [6.07, 6.45) is 3.50. The fraction of sp³-hybridized carbons (Fsp3) is 0.294. The molecule has 0 aliphatic heterocycles. The topological polar surface area (TPSA) is 98.7 Å². The van der Waals surface area contributed by atoms with Crippen LogP contribution >= 0.6 is 0 Å². The molecule has 24 heavy (non-hydrogen) atoms. The molecule has 7 nitrogen and oxygen atoms in total. The van der Waals surface area contributed by atoms with Crippen molar-refractivity contribution in [2.45, 2.75) is 19.8 Å². The molecular formula is C17H20N6O. The fourth-order valence-electron chi connectivity index (χ4n) is 2.53. The lowest BCUT2D eigenvalue weighted by molar-refractivity contribution is 0.0947. The van der Waals surface area contributed by atoms with Gasteiger partial charge in [0.25, 0.3) is 5.91 Å². The van der Waals surface area contributed by atoms with Crippen molar-refractivity contribution in [1.82, 2.24) is 25.3 Å². The molecule has 3 rings (SSSR count). The minimum atomic E-state index is -0.210. The number of aromatic nitrogens is 4. The van der Waals surface area contributed by atoms with Crippen LogP contribution in [0.5, 0.6) is 0 Å². The largest absolute Gasteiger partial charge is 0.351 e. The van der Waals surface area contributed by atoms with Crippen LogP contribution in [0.15, 0.2) is 36.5 Å².